The summed E-state index contributed by atoms with van der Waals surface area (Å²) in [6, 6.07) is 15.5. The minimum Gasteiger partial charge on any atom is -0.495 e. The summed E-state index contributed by atoms with van der Waals surface area (Å²) in [5, 5.41) is 3.77. The highest BCUT2D eigenvalue weighted by Crippen LogP contribution is 2.27. The first-order valence-corrected chi connectivity index (χ1v) is 9.58. The van der Waals surface area contributed by atoms with E-state index in [0.717, 1.165) is 22.7 Å². The van der Waals surface area contributed by atoms with E-state index in [9.17, 15) is 4.79 Å². The maximum Gasteiger partial charge on any atom is 0.234 e. The number of nitrogens with one attached hydrogen (secondary N) is 1. The van der Waals surface area contributed by atoms with Gasteiger partial charge in [-0.1, -0.05) is 49.9 Å². The van der Waals surface area contributed by atoms with E-state index in [0.29, 0.717) is 23.1 Å². The van der Waals surface area contributed by atoms with Gasteiger partial charge in [0.25, 0.3) is 0 Å². The molecule has 1 aromatic heterocycles. The van der Waals surface area contributed by atoms with Crippen molar-refractivity contribution in [2.24, 2.45) is 5.92 Å². The molecular weight excluding hydrogens is 346 g/mol. The number of benzene rings is 2. The fourth-order valence-electron chi connectivity index (χ4n) is 2.77. The molecule has 0 atom stereocenters. The first-order valence-electron chi connectivity index (χ1n) is 8.59. The molecule has 3 aromatic rings. The third-order valence-corrected chi connectivity index (χ3v) is 4.86. The van der Waals surface area contributed by atoms with Crippen molar-refractivity contribution in [2.75, 3.05) is 18.2 Å². The van der Waals surface area contributed by atoms with Crippen LogP contribution in [0.3, 0.4) is 0 Å². The first-order chi connectivity index (χ1) is 12.6. The van der Waals surface area contributed by atoms with E-state index >= 15 is 0 Å². The van der Waals surface area contributed by atoms with Crippen LogP contribution in [-0.4, -0.2) is 28.3 Å². The smallest absolute Gasteiger partial charge is 0.234 e. The Labute approximate surface area is 157 Å². The van der Waals surface area contributed by atoms with E-state index < -0.39 is 0 Å². The van der Waals surface area contributed by atoms with Crippen molar-refractivity contribution in [3.05, 3.63) is 48.5 Å². The van der Waals surface area contributed by atoms with E-state index in [1.807, 2.05) is 42.5 Å². The predicted molar refractivity (Wildman–Crippen MR) is 107 cm³/mol. The summed E-state index contributed by atoms with van der Waals surface area (Å²) in [4.78, 5) is 17.1. The third-order valence-electron chi connectivity index (χ3n) is 3.88. The van der Waals surface area contributed by atoms with Gasteiger partial charge in [0.1, 0.15) is 5.75 Å². The number of carbonyl (C=O) groups is 1. The summed E-state index contributed by atoms with van der Waals surface area (Å²) in [5.74, 6) is 1.36. The van der Waals surface area contributed by atoms with Crippen LogP contribution in [0.5, 0.6) is 5.75 Å². The van der Waals surface area contributed by atoms with Crippen LogP contribution in [0.2, 0.25) is 0 Å². The summed E-state index contributed by atoms with van der Waals surface area (Å²) >= 11 is 1.45. The van der Waals surface area contributed by atoms with Crippen molar-refractivity contribution in [3.63, 3.8) is 0 Å². The van der Waals surface area contributed by atoms with Gasteiger partial charge in [-0.25, -0.2) is 4.98 Å². The second-order valence-electron chi connectivity index (χ2n) is 6.42. The maximum absolute atomic E-state index is 12.4. The Balaban J connectivity index is 1.73. The fraction of sp³-hybridized carbons (Fsp3) is 0.300. The molecular formula is C20H23N3O2S. The lowest BCUT2D eigenvalue weighted by atomic mass is 10.2. The molecule has 0 unspecified atom stereocenters. The zero-order valence-electron chi connectivity index (χ0n) is 15.2. The monoisotopic (exact) mass is 369 g/mol. The second-order valence-corrected chi connectivity index (χ2v) is 7.37. The molecule has 0 aliphatic rings. The molecule has 0 spiro atoms. The van der Waals surface area contributed by atoms with Gasteiger partial charge in [0.15, 0.2) is 5.16 Å². The molecule has 0 aliphatic carbocycles. The number of hydrogen-bond acceptors (Lipinski definition) is 4. The van der Waals surface area contributed by atoms with Crippen molar-refractivity contribution < 1.29 is 9.53 Å². The van der Waals surface area contributed by atoms with Gasteiger partial charge in [0.2, 0.25) is 5.91 Å². The fourth-order valence-corrected chi connectivity index (χ4v) is 3.59. The zero-order valence-corrected chi connectivity index (χ0v) is 16.0. The molecule has 136 valence electrons. The summed E-state index contributed by atoms with van der Waals surface area (Å²) in [7, 11) is 1.59. The van der Waals surface area contributed by atoms with Gasteiger partial charge in [0.05, 0.1) is 29.6 Å². The Hall–Kier alpha value is -2.47. The number of methoxy groups -OCH3 is 1. The van der Waals surface area contributed by atoms with Crippen LogP contribution in [0.25, 0.3) is 11.0 Å². The van der Waals surface area contributed by atoms with Crippen LogP contribution in [0.15, 0.2) is 53.7 Å². The number of carbonyl (C=O) groups excluding carboxylic acids is 1. The van der Waals surface area contributed by atoms with Crippen molar-refractivity contribution >= 4 is 34.4 Å². The Morgan fingerprint density at radius 2 is 1.92 bits per heavy atom. The molecule has 0 saturated heterocycles. The van der Waals surface area contributed by atoms with E-state index in [1.54, 1.807) is 7.11 Å². The van der Waals surface area contributed by atoms with E-state index in [-0.39, 0.29) is 5.91 Å². The van der Waals surface area contributed by atoms with Crippen LogP contribution >= 0.6 is 11.8 Å². The molecule has 1 amide bonds. The van der Waals surface area contributed by atoms with E-state index in [4.69, 9.17) is 9.72 Å². The first kappa shape index (κ1) is 18.3. The highest BCUT2D eigenvalue weighted by atomic mass is 32.2. The lowest BCUT2D eigenvalue weighted by Crippen LogP contribution is -2.15. The van der Waals surface area contributed by atoms with Gasteiger partial charge in [-0.2, -0.15) is 0 Å². The predicted octanol–water partition coefficient (Wildman–Crippen LogP) is 4.43. The molecule has 5 nitrogen and oxygen atoms in total. The molecule has 0 fully saturated rings. The third kappa shape index (κ3) is 4.19. The quantitative estimate of drug-likeness (QED) is 0.626. The molecule has 0 saturated carbocycles. The molecule has 0 bridgehead atoms. The van der Waals surface area contributed by atoms with Gasteiger partial charge in [-0.05, 0) is 30.2 Å². The normalized spacial score (nSPS) is 11.1. The number of fused-ring (bicyclic) bond motifs is 1. The average Bonchev–Trinajstić information content (AvgIpc) is 2.97. The van der Waals surface area contributed by atoms with Crippen LogP contribution in [0, 0.1) is 5.92 Å². The number of nitrogens with zero attached hydrogens (tertiary/aromatic N) is 2. The SMILES string of the molecule is COc1ccccc1NC(=O)CSc1nc2ccccc2n1CC(C)C. The molecule has 0 aliphatic heterocycles. The van der Waals surface area contributed by atoms with Gasteiger partial charge in [0, 0.05) is 6.54 Å². The lowest BCUT2D eigenvalue weighted by molar-refractivity contribution is -0.113. The highest BCUT2D eigenvalue weighted by Gasteiger charge is 2.14. The number of ether oxygens (including phenoxy) is 1. The Kier molecular flexibility index (Phi) is 5.83. The molecule has 26 heavy (non-hydrogen) atoms. The van der Waals surface area contributed by atoms with E-state index in [2.05, 4.69) is 29.8 Å². The number of thioether (sulfide) groups is 1. The number of anilines is 1. The Bertz CT molecular complexity index is 905. The van der Waals surface area contributed by atoms with Crippen molar-refractivity contribution in [1.82, 2.24) is 9.55 Å². The van der Waals surface area contributed by atoms with Crippen molar-refractivity contribution in [3.8, 4) is 5.75 Å². The summed E-state index contributed by atoms with van der Waals surface area (Å²) in [5.41, 5.74) is 2.74. The van der Waals surface area contributed by atoms with Gasteiger partial charge >= 0.3 is 0 Å². The standard InChI is InChI=1S/C20H23N3O2S/c1-14(2)12-23-17-10-6-4-8-15(17)22-20(23)26-13-19(24)21-16-9-5-7-11-18(16)25-3/h4-11,14H,12-13H2,1-3H3,(H,21,24). The Morgan fingerprint density at radius 1 is 1.19 bits per heavy atom. The summed E-state index contributed by atoms with van der Waals surface area (Å²) < 4.78 is 7.47. The minimum absolute atomic E-state index is 0.0809. The van der Waals surface area contributed by atoms with Crippen molar-refractivity contribution in [2.45, 2.75) is 25.5 Å². The lowest BCUT2D eigenvalue weighted by Gasteiger charge is -2.12. The number of amides is 1. The molecule has 1 heterocycles. The molecule has 3 rings (SSSR count). The summed E-state index contributed by atoms with van der Waals surface area (Å²) in [6.07, 6.45) is 0. The van der Waals surface area contributed by atoms with Crippen LogP contribution < -0.4 is 10.1 Å². The van der Waals surface area contributed by atoms with Crippen LogP contribution in [0.1, 0.15) is 13.8 Å². The zero-order chi connectivity index (χ0) is 18.5. The van der Waals surface area contributed by atoms with Crippen LogP contribution in [-0.2, 0) is 11.3 Å². The molecule has 0 radical (unpaired) electrons. The number of rotatable bonds is 7. The molecule has 2 aromatic carbocycles. The maximum atomic E-state index is 12.4. The molecule has 6 heteroatoms. The highest BCUT2D eigenvalue weighted by molar-refractivity contribution is 7.99. The topological polar surface area (TPSA) is 56.1 Å². The van der Waals surface area contributed by atoms with Crippen molar-refractivity contribution in [1.29, 1.82) is 0 Å². The Morgan fingerprint density at radius 3 is 2.69 bits per heavy atom. The number of aromatic nitrogens is 2. The van der Waals surface area contributed by atoms with Gasteiger partial charge < -0.3 is 14.6 Å². The van der Waals surface area contributed by atoms with Gasteiger partial charge in [-0.15, -0.1) is 0 Å². The molecule has 1 N–H and O–H groups in total. The minimum atomic E-state index is -0.0809. The largest absolute Gasteiger partial charge is 0.495 e. The number of hydrogen-bond donors (Lipinski definition) is 1. The van der Waals surface area contributed by atoms with Gasteiger partial charge in [-0.3, -0.25) is 4.79 Å². The number of imidazole rings is 1. The van der Waals surface area contributed by atoms with Crippen LogP contribution in [0.4, 0.5) is 5.69 Å². The van der Waals surface area contributed by atoms with E-state index in [1.165, 1.54) is 11.8 Å². The second kappa shape index (κ2) is 8.27. The number of para-hydroxylation sites is 4. The average molecular weight is 369 g/mol. The summed E-state index contributed by atoms with van der Waals surface area (Å²) in [6.45, 7) is 5.23.